The first kappa shape index (κ1) is 20.6. The molecule has 152 valence electrons. The van der Waals surface area contributed by atoms with Crippen LogP contribution >= 0.6 is 0 Å². The number of hydrogen-bond donors (Lipinski definition) is 0. The van der Waals surface area contributed by atoms with Crippen molar-refractivity contribution in [1.82, 2.24) is 4.90 Å². The Morgan fingerprint density at radius 2 is 1.34 bits per heavy atom. The van der Waals surface area contributed by atoms with Crippen LogP contribution < -0.4 is 24.0 Å². The van der Waals surface area contributed by atoms with Crippen molar-refractivity contribution in [1.29, 1.82) is 0 Å². The van der Waals surface area contributed by atoms with Gasteiger partial charge in [0.05, 0.1) is 18.8 Å². The van der Waals surface area contributed by atoms with Gasteiger partial charge in [0.2, 0.25) is 0 Å². The highest BCUT2D eigenvalue weighted by Gasteiger charge is 2.47. The van der Waals surface area contributed by atoms with Gasteiger partial charge in [0.1, 0.15) is 19.1 Å². The standard InChI is InChI=1S/C24H27N2O2.HI/c1-3-7-19(8-4-1)21-23(25-11-15-27-16-12-25)22(20-9-5-2-6-10-20)24(21)26-13-17-28-18-14-26;/h1-10,21H,11-18H2;1H/q+1;/p-1. The second kappa shape index (κ2) is 9.41. The molecule has 1 aliphatic carbocycles. The highest BCUT2D eigenvalue weighted by Crippen LogP contribution is 2.47. The van der Waals surface area contributed by atoms with Gasteiger partial charge in [-0.3, -0.25) is 0 Å². The summed E-state index contributed by atoms with van der Waals surface area (Å²) in [7, 11) is 0. The summed E-state index contributed by atoms with van der Waals surface area (Å²) >= 11 is 0. The first-order chi connectivity index (χ1) is 13.9. The molecular formula is C24H27IN2O2. The third kappa shape index (κ3) is 4.00. The van der Waals surface area contributed by atoms with Gasteiger partial charge in [-0.1, -0.05) is 60.7 Å². The van der Waals surface area contributed by atoms with E-state index in [4.69, 9.17) is 9.47 Å². The van der Waals surface area contributed by atoms with E-state index < -0.39 is 0 Å². The van der Waals surface area contributed by atoms with Crippen LogP contribution in [-0.4, -0.2) is 67.8 Å². The predicted molar refractivity (Wildman–Crippen MR) is 111 cm³/mol. The van der Waals surface area contributed by atoms with E-state index in [0.717, 1.165) is 52.6 Å². The van der Waals surface area contributed by atoms with E-state index in [1.54, 1.807) is 0 Å². The number of benzene rings is 2. The van der Waals surface area contributed by atoms with Gasteiger partial charge >= 0.3 is 0 Å². The van der Waals surface area contributed by atoms with Crippen molar-refractivity contribution in [2.24, 2.45) is 0 Å². The first-order valence-corrected chi connectivity index (χ1v) is 10.3. The quantitative estimate of drug-likeness (QED) is 0.437. The van der Waals surface area contributed by atoms with E-state index in [0.29, 0.717) is 5.92 Å². The number of allylic oxidation sites excluding steroid dienone is 2. The minimum absolute atomic E-state index is 0. The van der Waals surface area contributed by atoms with E-state index in [1.165, 1.54) is 28.1 Å². The van der Waals surface area contributed by atoms with E-state index >= 15 is 0 Å². The molecule has 0 N–H and O–H groups in total. The Balaban J connectivity index is 0.00000205. The van der Waals surface area contributed by atoms with Crippen molar-refractivity contribution in [2.75, 3.05) is 52.6 Å². The normalized spacial score (nSPS) is 22.2. The largest absolute Gasteiger partial charge is 1.00 e. The summed E-state index contributed by atoms with van der Waals surface area (Å²) in [6, 6.07) is 21.8. The molecule has 0 amide bonds. The van der Waals surface area contributed by atoms with E-state index in [9.17, 15) is 0 Å². The van der Waals surface area contributed by atoms with Crippen LogP contribution in [0.1, 0.15) is 17.0 Å². The fraction of sp³-hybridized carbons (Fsp3) is 0.375. The van der Waals surface area contributed by atoms with Crippen molar-refractivity contribution in [3.8, 4) is 0 Å². The third-order valence-electron chi connectivity index (χ3n) is 5.96. The monoisotopic (exact) mass is 502 g/mol. The van der Waals surface area contributed by atoms with Crippen molar-refractivity contribution >= 4 is 11.3 Å². The highest BCUT2D eigenvalue weighted by atomic mass is 127. The average Bonchev–Trinajstić information content (AvgIpc) is 2.76. The number of rotatable bonds is 3. The predicted octanol–water partition coefficient (Wildman–Crippen LogP) is 0.0150. The molecule has 29 heavy (non-hydrogen) atoms. The van der Waals surface area contributed by atoms with E-state index in [2.05, 4.69) is 70.1 Å². The fourth-order valence-electron chi connectivity index (χ4n) is 4.62. The minimum atomic E-state index is 0. The Hall–Kier alpha value is -1.70. The summed E-state index contributed by atoms with van der Waals surface area (Å²) in [5, 5.41) is 0. The van der Waals surface area contributed by atoms with Crippen LogP contribution in [0.5, 0.6) is 0 Å². The lowest BCUT2D eigenvalue weighted by atomic mass is 9.71. The second-order valence-corrected chi connectivity index (χ2v) is 7.55. The molecule has 0 bridgehead atoms. The minimum Gasteiger partial charge on any atom is -1.00 e. The van der Waals surface area contributed by atoms with Crippen molar-refractivity contribution < 1.29 is 38.0 Å². The molecule has 0 spiro atoms. The van der Waals surface area contributed by atoms with Crippen molar-refractivity contribution in [2.45, 2.75) is 5.92 Å². The third-order valence-corrected chi connectivity index (χ3v) is 5.96. The molecule has 1 unspecified atom stereocenters. The number of morpholine rings is 2. The van der Waals surface area contributed by atoms with Gasteiger partial charge in [-0.2, -0.15) is 0 Å². The molecule has 0 saturated carbocycles. The number of halogens is 1. The number of ether oxygens (including phenoxy) is 2. The molecule has 2 saturated heterocycles. The molecule has 2 aromatic rings. The zero-order chi connectivity index (χ0) is 18.8. The maximum absolute atomic E-state index is 5.65. The molecule has 4 nitrogen and oxygen atoms in total. The Morgan fingerprint density at radius 1 is 0.759 bits per heavy atom. The average molecular weight is 502 g/mol. The maximum atomic E-state index is 5.65. The van der Waals surface area contributed by atoms with Crippen LogP contribution in [0.2, 0.25) is 0 Å². The summed E-state index contributed by atoms with van der Waals surface area (Å²) in [6.45, 7) is 7.08. The molecule has 2 fully saturated rings. The van der Waals surface area contributed by atoms with Crippen LogP contribution in [0.25, 0.3) is 5.57 Å². The van der Waals surface area contributed by atoms with Crippen LogP contribution in [0.15, 0.2) is 66.4 Å². The lowest BCUT2D eigenvalue weighted by Gasteiger charge is -2.43. The van der Waals surface area contributed by atoms with Gasteiger partial charge in [0, 0.05) is 18.8 Å². The second-order valence-electron chi connectivity index (χ2n) is 7.55. The van der Waals surface area contributed by atoms with Gasteiger partial charge < -0.3 is 38.4 Å². The van der Waals surface area contributed by atoms with Gasteiger partial charge in [-0.25, -0.2) is 4.58 Å². The topological polar surface area (TPSA) is 24.7 Å². The Labute approximate surface area is 189 Å². The van der Waals surface area contributed by atoms with Gasteiger partial charge in [0.15, 0.2) is 18.8 Å². The molecule has 2 heterocycles. The lowest BCUT2D eigenvalue weighted by Crippen LogP contribution is -3.00. The molecule has 1 atom stereocenters. The molecular weight excluding hydrogens is 475 g/mol. The Bertz CT molecular complexity index is 882. The lowest BCUT2D eigenvalue weighted by molar-refractivity contribution is -0.550. The molecule has 3 aliphatic rings. The van der Waals surface area contributed by atoms with Crippen molar-refractivity contribution in [3.05, 3.63) is 77.5 Å². The zero-order valence-corrected chi connectivity index (χ0v) is 18.8. The van der Waals surface area contributed by atoms with Crippen molar-refractivity contribution in [3.63, 3.8) is 0 Å². The Kier molecular flexibility index (Phi) is 6.67. The molecule has 5 heteroatoms. The summed E-state index contributed by atoms with van der Waals surface area (Å²) < 4.78 is 13.8. The summed E-state index contributed by atoms with van der Waals surface area (Å²) in [5.74, 6) is 0.326. The highest BCUT2D eigenvalue weighted by molar-refractivity contribution is 6.33. The van der Waals surface area contributed by atoms with Gasteiger partial charge in [0.25, 0.3) is 0 Å². The number of hydrogen-bond acceptors (Lipinski definition) is 3. The van der Waals surface area contributed by atoms with Gasteiger partial charge in [-0.05, 0) is 11.1 Å². The van der Waals surface area contributed by atoms with Crippen LogP contribution in [0.3, 0.4) is 0 Å². The zero-order valence-electron chi connectivity index (χ0n) is 16.6. The molecule has 2 aromatic carbocycles. The summed E-state index contributed by atoms with van der Waals surface area (Å²) in [6.07, 6.45) is 0. The Morgan fingerprint density at radius 3 is 2.00 bits per heavy atom. The summed E-state index contributed by atoms with van der Waals surface area (Å²) in [5.41, 5.74) is 7.03. The molecule has 0 radical (unpaired) electrons. The first-order valence-electron chi connectivity index (χ1n) is 10.3. The smallest absolute Gasteiger partial charge is 0.199 e. The summed E-state index contributed by atoms with van der Waals surface area (Å²) in [4.78, 5) is 2.55. The SMILES string of the molecule is [I-].c1ccc(C2=C(N3CCOCC3)C(c3ccccc3)C2=[N+]2CCOCC2)cc1. The van der Waals surface area contributed by atoms with Crippen LogP contribution in [0.4, 0.5) is 0 Å². The number of nitrogens with zero attached hydrogens (tertiary/aromatic N) is 2. The van der Waals surface area contributed by atoms with Crippen LogP contribution in [-0.2, 0) is 9.47 Å². The van der Waals surface area contributed by atoms with Gasteiger partial charge in [-0.15, -0.1) is 0 Å². The van der Waals surface area contributed by atoms with Crippen LogP contribution in [0, 0.1) is 0 Å². The molecule has 5 rings (SSSR count). The molecule has 0 aromatic heterocycles. The molecule has 2 aliphatic heterocycles. The van der Waals surface area contributed by atoms with E-state index in [-0.39, 0.29) is 24.0 Å². The fourth-order valence-corrected chi connectivity index (χ4v) is 4.62. The van der Waals surface area contributed by atoms with E-state index in [1.807, 2.05) is 0 Å². The maximum Gasteiger partial charge on any atom is 0.199 e.